The Morgan fingerprint density at radius 1 is 1.61 bits per heavy atom. The molecule has 0 bridgehead atoms. The molecule has 0 aliphatic carbocycles. The number of carbonyl (C=O) groups excluding carboxylic acids is 1. The molecule has 1 atom stereocenters. The Labute approximate surface area is 104 Å². The molecule has 2 rings (SSSR count). The first-order chi connectivity index (χ1) is 8.65. The summed E-state index contributed by atoms with van der Waals surface area (Å²) in [5, 5.41) is 18.4. The van der Waals surface area contributed by atoms with E-state index in [-0.39, 0.29) is 18.4 Å². The SMILES string of the molecule is O=C(O)Cn1cc(NC(=O)C2CCCNC2)cn1. The lowest BCUT2D eigenvalue weighted by Crippen LogP contribution is -2.37. The highest BCUT2D eigenvalue weighted by atomic mass is 16.4. The second kappa shape index (κ2) is 5.63. The quantitative estimate of drug-likeness (QED) is 0.695. The van der Waals surface area contributed by atoms with Crippen molar-refractivity contribution >= 4 is 17.6 Å². The largest absolute Gasteiger partial charge is 0.480 e. The number of carbonyl (C=O) groups is 2. The normalized spacial score (nSPS) is 19.4. The highest BCUT2D eigenvalue weighted by Gasteiger charge is 2.21. The molecule has 1 aliphatic heterocycles. The maximum Gasteiger partial charge on any atom is 0.325 e. The molecule has 0 aromatic carbocycles. The van der Waals surface area contributed by atoms with Crippen LogP contribution in [-0.4, -0.2) is 39.9 Å². The van der Waals surface area contributed by atoms with Gasteiger partial charge in [0.15, 0.2) is 0 Å². The van der Waals surface area contributed by atoms with E-state index < -0.39 is 5.97 Å². The standard InChI is InChI=1S/C11H16N4O3/c16-10(17)7-15-6-9(5-13-15)14-11(18)8-2-1-3-12-4-8/h5-6,8,12H,1-4,7H2,(H,14,18)(H,16,17). The van der Waals surface area contributed by atoms with Crippen molar-refractivity contribution in [2.45, 2.75) is 19.4 Å². The molecule has 7 heteroatoms. The number of hydrogen-bond acceptors (Lipinski definition) is 4. The number of rotatable bonds is 4. The van der Waals surface area contributed by atoms with E-state index in [2.05, 4.69) is 15.7 Å². The van der Waals surface area contributed by atoms with Gasteiger partial charge in [0.2, 0.25) is 5.91 Å². The van der Waals surface area contributed by atoms with Gasteiger partial charge in [0.1, 0.15) is 6.54 Å². The molecule has 1 aromatic rings. The number of nitrogens with zero attached hydrogens (tertiary/aromatic N) is 2. The summed E-state index contributed by atoms with van der Waals surface area (Å²) in [6.07, 6.45) is 4.85. The number of piperidine rings is 1. The average molecular weight is 252 g/mol. The molecule has 0 radical (unpaired) electrons. The minimum atomic E-state index is -0.965. The predicted molar refractivity (Wildman–Crippen MR) is 64.1 cm³/mol. The van der Waals surface area contributed by atoms with Gasteiger partial charge in [0.25, 0.3) is 0 Å². The lowest BCUT2D eigenvalue weighted by atomic mass is 9.99. The van der Waals surface area contributed by atoms with Crippen molar-refractivity contribution in [3.63, 3.8) is 0 Å². The van der Waals surface area contributed by atoms with Gasteiger partial charge in [-0.1, -0.05) is 0 Å². The molecule has 18 heavy (non-hydrogen) atoms. The number of anilines is 1. The molecule has 0 spiro atoms. The molecule has 7 nitrogen and oxygen atoms in total. The van der Waals surface area contributed by atoms with Crippen molar-refractivity contribution in [1.29, 1.82) is 0 Å². The summed E-state index contributed by atoms with van der Waals surface area (Å²) in [5.74, 6) is -1.04. The van der Waals surface area contributed by atoms with Gasteiger partial charge in [0, 0.05) is 12.7 Å². The van der Waals surface area contributed by atoms with Crippen LogP contribution in [-0.2, 0) is 16.1 Å². The van der Waals surface area contributed by atoms with E-state index in [1.165, 1.54) is 17.1 Å². The number of nitrogens with one attached hydrogen (secondary N) is 2. The van der Waals surface area contributed by atoms with Crippen LogP contribution in [0.2, 0.25) is 0 Å². The number of carboxylic acids is 1. The molecule has 1 fully saturated rings. The van der Waals surface area contributed by atoms with E-state index in [4.69, 9.17) is 5.11 Å². The first-order valence-corrected chi connectivity index (χ1v) is 5.91. The second-order valence-corrected chi connectivity index (χ2v) is 4.35. The fourth-order valence-corrected chi connectivity index (χ4v) is 1.97. The van der Waals surface area contributed by atoms with Crippen LogP contribution in [0.3, 0.4) is 0 Å². The van der Waals surface area contributed by atoms with E-state index in [0.717, 1.165) is 19.4 Å². The zero-order valence-corrected chi connectivity index (χ0v) is 9.93. The number of aliphatic carboxylic acids is 1. The van der Waals surface area contributed by atoms with Crippen LogP contribution in [0.5, 0.6) is 0 Å². The van der Waals surface area contributed by atoms with Crippen molar-refractivity contribution in [2.24, 2.45) is 5.92 Å². The van der Waals surface area contributed by atoms with Gasteiger partial charge < -0.3 is 15.7 Å². The predicted octanol–water partition coefficient (Wildman–Crippen LogP) is -0.0942. The Balaban J connectivity index is 1.90. The Morgan fingerprint density at radius 3 is 3.11 bits per heavy atom. The van der Waals surface area contributed by atoms with Gasteiger partial charge in [0.05, 0.1) is 17.8 Å². The van der Waals surface area contributed by atoms with Gasteiger partial charge in [-0.3, -0.25) is 14.3 Å². The van der Waals surface area contributed by atoms with Crippen LogP contribution in [0.4, 0.5) is 5.69 Å². The Bertz CT molecular complexity index is 437. The third kappa shape index (κ3) is 3.30. The molecule has 1 aromatic heterocycles. The number of amides is 1. The molecule has 0 saturated carbocycles. The third-order valence-electron chi connectivity index (χ3n) is 2.87. The first-order valence-electron chi connectivity index (χ1n) is 5.91. The minimum Gasteiger partial charge on any atom is -0.480 e. The monoisotopic (exact) mass is 252 g/mol. The van der Waals surface area contributed by atoms with Crippen LogP contribution in [0.15, 0.2) is 12.4 Å². The van der Waals surface area contributed by atoms with E-state index in [0.29, 0.717) is 12.2 Å². The number of hydrogen-bond donors (Lipinski definition) is 3. The topological polar surface area (TPSA) is 96.2 Å². The van der Waals surface area contributed by atoms with Gasteiger partial charge in [-0.2, -0.15) is 5.10 Å². The van der Waals surface area contributed by atoms with Gasteiger partial charge in [-0.25, -0.2) is 0 Å². The molecule has 1 aliphatic rings. The summed E-state index contributed by atoms with van der Waals surface area (Å²) in [5.41, 5.74) is 0.534. The fraction of sp³-hybridized carbons (Fsp3) is 0.545. The van der Waals surface area contributed by atoms with Crippen LogP contribution in [0.1, 0.15) is 12.8 Å². The van der Waals surface area contributed by atoms with Crippen LogP contribution >= 0.6 is 0 Å². The molecular weight excluding hydrogens is 236 g/mol. The maximum absolute atomic E-state index is 11.9. The van der Waals surface area contributed by atoms with E-state index in [9.17, 15) is 9.59 Å². The smallest absolute Gasteiger partial charge is 0.325 e. The summed E-state index contributed by atoms with van der Waals surface area (Å²) in [7, 11) is 0. The molecule has 98 valence electrons. The number of carboxylic acid groups (broad SMARTS) is 1. The van der Waals surface area contributed by atoms with E-state index in [1.54, 1.807) is 0 Å². The minimum absolute atomic E-state index is 0.0263. The van der Waals surface area contributed by atoms with E-state index >= 15 is 0 Å². The van der Waals surface area contributed by atoms with Crippen molar-refractivity contribution in [3.05, 3.63) is 12.4 Å². The lowest BCUT2D eigenvalue weighted by Gasteiger charge is -2.21. The van der Waals surface area contributed by atoms with Gasteiger partial charge in [-0.05, 0) is 19.4 Å². The summed E-state index contributed by atoms with van der Waals surface area (Å²) in [4.78, 5) is 22.4. The summed E-state index contributed by atoms with van der Waals surface area (Å²) < 4.78 is 1.27. The third-order valence-corrected chi connectivity index (χ3v) is 2.87. The molecule has 3 N–H and O–H groups in total. The Kier molecular flexibility index (Phi) is 3.93. The van der Waals surface area contributed by atoms with Gasteiger partial charge in [-0.15, -0.1) is 0 Å². The molecule has 2 heterocycles. The molecule has 1 unspecified atom stereocenters. The average Bonchev–Trinajstić information content (AvgIpc) is 2.76. The van der Waals surface area contributed by atoms with Gasteiger partial charge >= 0.3 is 5.97 Å². The second-order valence-electron chi connectivity index (χ2n) is 4.35. The van der Waals surface area contributed by atoms with Crippen LogP contribution in [0.25, 0.3) is 0 Å². The zero-order valence-electron chi connectivity index (χ0n) is 9.93. The zero-order chi connectivity index (χ0) is 13.0. The molecule has 1 amide bonds. The number of aromatic nitrogens is 2. The molecular formula is C11H16N4O3. The lowest BCUT2D eigenvalue weighted by molar-refractivity contribution is -0.137. The Morgan fingerprint density at radius 2 is 2.44 bits per heavy atom. The maximum atomic E-state index is 11.9. The first kappa shape index (κ1) is 12.6. The van der Waals surface area contributed by atoms with Crippen LogP contribution < -0.4 is 10.6 Å². The van der Waals surface area contributed by atoms with Crippen molar-refractivity contribution in [1.82, 2.24) is 15.1 Å². The highest BCUT2D eigenvalue weighted by Crippen LogP contribution is 2.13. The van der Waals surface area contributed by atoms with Crippen molar-refractivity contribution in [2.75, 3.05) is 18.4 Å². The van der Waals surface area contributed by atoms with Crippen molar-refractivity contribution in [3.8, 4) is 0 Å². The summed E-state index contributed by atoms with van der Waals surface area (Å²) in [6, 6.07) is 0. The van der Waals surface area contributed by atoms with Crippen molar-refractivity contribution < 1.29 is 14.7 Å². The van der Waals surface area contributed by atoms with Crippen LogP contribution in [0, 0.1) is 5.92 Å². The molecule has 1 saturated heterocycles. The fourth-order valence-electron chi connectivity index (χ4n) is 1.97. The highest BCUT2D eigenvalue weighted by molar-refractivity contribution is 5.92. The van der Waals surface area contributed by atoms with E-state index in [1.807, 2.05) is 0 Å². The summed E-state index contributed by atoms with van der Waals surface area (Å²) in [6.45, 7) is 1.44. The Hall–Kier alpha value is -1.89. The summed E-state index contributed by atoms with van der Waals surface area (Å²) >= 11 is 0.